The highest BCUT2D eigenvalue weighted by Crippen LogP contribution is 2.26. The molecule has 1 aliphatic carbocycles. The van der Waals surface area contributed by atoms with Crippen LogP contribution in [0.4, 0.5) is 0 Å². The topological polar surface area (TPSA) is 29.1 Å². The van der Waals surface area contributed by atoms with Crippen molar-refractivity contribution in [3.05, 3.63) is 0 Å². The zero-order valence-electron chi connectivity index (χ0n) is 8.72. The zero-order valence-corrected chi connectivity index (χ0v) is 8.72. The van der Waals surface area contributed by atoms with Crippen LogP contribution in [0.15, 0.2) is 0 Å². The predicted octanol–water partition coefficient (Wildman–Crippen LogP) is 2.10. The van der Waals surface area contributed by atoms with E-state index in [1.165, 1.54) is 32.1 Å². The number of amides is 1. The largest absolute Gasteiger partial charge is 0.345 e. The predicted molar refractivity (Wildman–Crippen MR) is 57.7 cm³/mol. The van der Waals surface area contributed by atoms with Crippen molar-refractivity contribution in [3.8, 4) is 12.3 Å². The quantitative estimate of drug-likeness (QED) is 0.681. The van der Waals surface area contributed by atoms with Crippen LogP contribution < -0.4 is 5.32 Å². The summed E-state index contributed by atoms with van der Waals surface area (Å²) in [5.74, 6) is 3.29. The summed E-state index contributed by atoms with van der Waals surface area (Å²) in [6.45, 7) is 0.365. The van der Waals surface area contributed by atoms with E-state index >= 15 is 0 Å². The lowest BCUT2D eigenvalue weighted by atomic mass is 9.86. The summed E-state index contributed by atoms with van der Waals surface area (Å²) in [6, 6.07) is 0. The standard InChI is InChI=1S/C12H19NO/c1-2-10-13-12(14)9-8-11-6-4-3-5-7-11/h1,11H,3-10H2,(H,13,14). The average molecular weight is 193 g/mol. The number of hydrogen-bond donors (Lipinski definition) is 1. The van der Waals surface area contributed by atoms with Crippen molar-refractivity contribution in [3.63, 3.8) is 0 Å². The molecule has 14 heavy (non-hydrogen) atoms. The highest BCUT2D eigenvalue weighted by atomic mass is 16.1. The van der Waals surface area contributed by atoms with E-state index in [1.54, 1.807) is 0 Å². The maximum absolute atomic E-state index is 11.2. The number of carbonyl (C=O) groups is 1. The third kappa shape index (κ3) is 4.32. The summed E-state index contributed by atoms with van der Waals surface area (Å²) in [5.41, 5.74) is 0. The summed E-state index contributed by atoms with van der Waals surface area (Å²) in [7, 11) is 0. The molecule has 0 aromatic rings. The highest BCUT2D eigenvalue weighted by Gasteiger charge is 2.14. The average Bonchev–Trinajstić information content (AvgIpc) is 2.25. The van der Waals surface area contributed by atoms with Gasteiger partial charge in [-0.05, 0) is 12.3 Å². The molecule has 1 fully saturated rings. The molecule has 0 bridgehead atoms. The molecule has 0 unspecified atom stereocenters. The second-order valence-corrected chi connectivity index (χ2v) is 4.02. The van der Waals surface area contributed by atoms with Crippen molar-refractivity contribution in [1.29, 1.82) is 0 Å². The van der Waals surface area contributed by atoms with E-state index in [1.807, 2.05) is 0 Å². The Bertz CT molecular complexity index is 211. The molecule has 0 aromatic carbocycles. The van der Waals surface area contributed by atoms with Crippen LogP contribution in [0, 0.1) is 18.3 Å². The smallest absolute Gasteiger partial charge is 0.220 e. The first-order chi connectivity index (χ1) is 6.83. The highest BCUT2D eigenvalue weighted by molar-refractivity contribution is 5.76. The van der Waals surface area contributed by atoms with Gasteiger partial charge in [0.05, 0.1) is 6.54 Å². The van der Waals surface area contributed by atoms with Crippen molar-refractivity contribution in [2.75, 3.05) is 6.54 Å². The lowest BCUT2D eigenvalue weighted by Gasteiger charge is -2.20. The van der Waals surface area contributed by atoms with Crippen LogP contribution in [0.2, 0.25) is 0 Å². The third-order valence-electron chi connectivity index (χ3n) is 2.89. The molecular weight excluding hydrogens is 174 g/mol. The molecule has 0 atom stereocenters. The Kier molecular flexibility index (Phi) is 5.14. The number of nitrogens with one attached hydrogen (secondary N) is 1. The van der Waals surface area contributed by atoms with Crippen molar-refractivity contribution in [2.24, 2.45) is 5.92 Å². The second-order valence-electron chi connectivity index (χ2n) is 4.02. The van der Waals surface area contributed by atoms with E-state index in [-0.39, 0.29) is 5.91 Å². The van der Waals surface area contributed by atoms with Gasteiger partial charge >= 0.3 is 0 Å². The first kappa shape index (κ1) is 11.1. The van der Waals surface area contributed by atoms with Crippen LogP contribution in [-0.4, -0.2) is 12.5 Å². The van der Waals surface area contributed by atoms with Gasteiger partial charge in [-0.2, -0.15) is 0 Å². The van der Waals surface area contributed by atoms with E-state index in [2.05, 4.69) is 11.2 Å². The molecule has 1 amide bonds. The maximum atomic E-state index is 11.2. The lowest BCUT2D eigenvalue weighted by molar-refractivity contribution is -0.121. The monoisotopic (exact) mass is 193 g/mol. The van der Waals surface area contributed by atoms with E-state index < -0.39 is 0 Å². The summed E-state index contributed by atoms with van der Waals surface area (Å²) >= 11 is 0. The molecule has 1 aliphatic rings. The lowest BCUT2D eigenvalue weighted by Crippen LogP contribution is -2.24. The van der Waals surface area contributed by atoms with Crippen LogP contribution in [0.25, 0.3) is 0 Å². The molecule has 78 valence electrons. The Morgan fingerprint density at radius 3 is 2.71 bits per heavy atom. The normalized spacial score (nSPS) is 17.4. The molecule has 0 spiro atoms. The fourth-order valence-electron chi connectivity index (χ4n) is 2.05. The van der Waals surface area contributed by atoms with Crippen LogP contribution in [0.5, 0.6) is 0 Å². The van der Waals surface area contributed by atoms with Gasteiger partial charge in [0.25, 0.3) is 0 Å². The van der Waals surface area contributed by atoms with Gasteiger partial charge in [0, 0.05) is 6.42 Å². The molecule has 1 rings (SSSR count). The van der Waals surface area contributed by atoms with Gasteiger partial charge in [-0.25, -0.2) is 0 Å². The summed E-state index contributed by atoms with van der Waals surface area (Å²) in [6.07, 6.45) is 13.4. The molecule has 1 N–H and O–H groups in total. The Morgan fingerprint density at radius 1 is 1.36 bits per heavy atom. The number of rotatable bonds is 4. The molecule has 2 nitrogen and oxygen atoms in total. The minimum absolute atomic E-state index is 0.105. The van der Waals surface area contributed by atoms with Gasteiger partial charge in [-0.15, -0.1) is 6.42 Å². The Balaban J connectivity index is 2.07. The summed E-state index contributed by atoms with van der Waals surface area (Å²) < 4.78 is 0. The van der Waals surface area contributed by atoms with Crippen LogP contribution in [-0.2, 0) is 4.79 Å². The first-order valence-electron chi connectivity index (χ1n) is 5.53. The van der Waals surface area contributed by atoms with Gasteiger partial charge in [-0.1, -0.05) is 38.0 Å². The molecule has 0 aromatic heterocycles. The van der Waals surface area contributed by atoms with Gasteiger partial charge in [-0.3, -0.25) is 4.79 Å². The molecule has 0 heterocycles. The fraction of sp³-hybridized carbons (Fsp3) is 0.750. The molecule has 0 aliphatic heterocycles. The van der Waals surface area contributed by atoms with Crippen LogP contribution in [0.3, 0.4) is 0 Å². The SMILES string of the molecule is C#CCNC(=O)CCC1CCCCC1. The number of carbonyl (C=O) groups excluding carboxylic acids is 1. The molecule has 0 saturated heterocycles. The van der Waals surface area contributed by atoms with Gasteiger partial charge in [0.2, 0.25) is 5.91 Å². The fourth-order valence-corrected chi connectivity index (χ4v) is 2.05. The zero-order chi connectivity index (χ0) is 10.2. The number of terminal acetylenes is 1. The van der Waals surface area contributed by atoms with E-state index in [0.717, 1.165) is 12.3 Å². The molecule has 0 radical (unpaired) electrons. The van der Waals surface area contributed by atoms with E-state index in [4.69, 9.17) is 6.42 Å². The Morgan fingerprint density at radius 2 is 2.07 bits per heavy atom. The maximum Gasteiger partial charge on any atom is 0.220 e. The van der Waals surface area contributed by atoms with Crippen LogP contribution in [0.1, 0.15) is 44.9 Å². The van der Waals surface area contributed by atoms with Gasteiger partial charge in [0.15, 0.2) is 0 Å². The molecule has 1 saturated carbocycles. The summed E-state index contributed by atoms with van der Waals surface area (Å²) in [5, 5.41) is 2.70. The van der Waals surface area contributed by atoms with Gasteiger partial charge < -0.3 is 5.32 Å². The van der Waals surface area contributed by atoms with Crippen molar-refractivity contribution >= 4 is 5.91 Å². The minimum Gasteiger partial charge on any atom is -0.345 e. The van der Waals surface area contributed by atoms with Crippen molar-refractivity contribution in [2.45, 2.75) is 44.9 Å². The second kappa shape index (κ2) is 6.48. The number of hydrogen-bond acceptors (Lipinski definition) is 1. The molecule has 2 heteroatoms. The Hall–Kier alpha value is -0.970. The summed E-state index contributed by atoms with van der Waals surface area (Å²) in [4.78, 5) is 11.2. The first-order valence-corrected chi connectivity index (χ1v) is 5.53. The van der Waals surface area contributed by atoms with Crippen LogP contribution >= 0.6 is 0 Å². The Labute approximate surface area is 86.5 Å². The minimum atomic E-state index is 0.105. The van der Waals surface area contributed by atoms with Crippen molar-refractivity contribution < 1.29 is 4.79 Å². The third-order valence-corrected chi connectivity index (χ3v) is 2.89. The van der Waals surface area contributed by atoms with E-state index in [9.17, 15) is 4.79 Å². The molecular formula is C12H19NO. The van der Waals surface area contributed by atoms with Gasteiger partial charge in [0.1, 0.15) is 0 Å². The van der Waals surface area contributed by atoms with E-state index in [0.29, 0.717) is 13.0 Å². The van der Waals surface area contributed by atoms with Crippen molar-refractivity contribution in [1.82, 2.24) is 5.32 Å².